The smallest absolute Gasteiger partial charge is 0.338 e. The Hall–Kier alpha value is -5.11. The highest BCUT2D eigenvalue weighted by Gasteiger charge is 2.27. The van der Waals surface area contributed by atoms with Crippen molar-refractivity contribution in [3.05, 3.63) is 125 Å². The molecule has 0 aliphatic heterocycles. The molecule has 8 nitrogen and oxygen atoms in total. The first-order chi connectivity index (χ1) is 18.5. The maximum absolute atomic E-state index is 13.4. The predicted molar refractivity (Wildman–Crippen MR) is 143 cm³/mol. The van der Waals surface area contributed by atoms with Crippen LogP contribution < -0.4 is 15.0 Å². The van der Waals surface area contributed by atoms with Gasteiger partial charge in [0.05, 0.1) is 30.5 Å². The summed E-state index contributed by atoms with van der Waals surface area (Å²) < 4.78 is 10.6. The molecular weight excluding hydrogens is 484 g/mol. The highest BCUT2D eigenvalue weighted by molar-refractivity contribution is 6.09. The van der Waals surface area contributed by atoms with Gasteiger partial charge in [-0.15, -0.1) is 0 Å². The van der Waals surface area contributed by atoms with Crippen molar-refractivity contribution in [1.29, 1.82) is 0 Å². The third kappa shape index (κ3) is 6.36. The molecule has 2 amide bonds. The number of aromatic carboxylic acids is 1. The number of rotatable bonds is 9. The lowest BCUT2D eigenvalue weighted by Gasteiger charge is -2.25. The van der Waals surface area contributed by atoms with Crippen LogP contribution in [0, 0.1) is 0 Å². The molecule has 4 rings (SSSR count). The second-order valence-corrected chi connectivity index (χ2v) is 8.29. The van der Waals surface area contributed by atoms with Crippen molar-refractivity contribution in [3.63, 3.8) is 0 Å². The molecule has 0 bridgehead atoms. The number of nitrogens with one attached hydrogen (secondary N) is 1. The van der Waals surface area contributed by atoms with Crippen molar-refractivity contribution in [2.45, 2.75) is 13.1 Å². The van der Waals surface area contributed by atoms with Crippen LogP contribution in [0.1, 0.15) is 31.8 Å². The molecule has 0 aliphatic carbocycles. The van der Waals surface area contributed by atoms with E-state index in [0.717, 1.165) is 11.1 Å². The van der Waals surface area contributed by atoms with E-state index >= 15 is 0 Å². The number of carbonyl (C=O) groups excluding carboxylic acids is 2. The van der Waals surface area contributed by atoms with Crippen molar-refractivity contribution in [1.82, 2.24) is 5.32 Å². The highest BCUT2D eigenvalue weighted by Crippen LogP contribution is 2.27. The summed E-state index contributed by atoms with van der Waals surface area (Å²) in [6.07, 6.45) is 0. The van der Waals surface area contributed by atoms with Gasteiger partial charge in [0.2, 0.25) is 0 Å². The second-order valence-electron chi connectivity index (χ2n) is 8.29. The summed E-state index contributed by atoms with van der Waals surface area (Å²) in [4.78, 5) is 39.2. The van der Waals surface area contributed by atoms with Gasteiger partial charge in [0.25, 0.3) is 0 Å². The monoisotopic (exact) mass is 510 g/mol. The molecule has 0 saturated heterocycles. The topological polar surface area (TPSA) is 105 Å². The molecule has 4 aromatic carbocycles. The number of hydrogen-bond donors (Lipinski definition) is 2. The van der Waals surface area contributed by atoms with Crippen molar-refractivity contribution >= 4 is 23.7 Å². The van der Waals surface area contributed by atoms with Crippen LogP contribution in [0.3, 0.4) is 0 Å². The van der Waals surface area contributed by atoms with Gasteiger partial charge in [-0.2, -0.15) is 0 Å². The molecule has 0 fully saturated rings. The number of carboxylic acid groups (broad SMARTS) is 1. The zero-order chi connectivity index (χ0) is 26.9. The molecule has 0 atom stereocenters. The molecule has 0 radical (unpaired) electrons. The number of carboxylic acids is 1. The van der Waals surface area contributed by atoms with E-state index in [9.17, 15) is 19.5 Å². The molecule has 2 N–H and O–H groups in total. The standard InChI is InChI=1S/C30H26N2O6/c1-37-29(35)25-13-8-14-26(27(25)28(33)34)32(20-22-9-4-2-5-10-22)30(36)31-19-21-15-17-24(18-16-21)38-23-11-6-3-7-12-23/h2-18H,19-20H2,1H3,(H,31,36)(H,33,34). The molecule has 38 heavy (non-hydrogen) atoms. The van der Waals surface area contributed by atoms with Gasteiger partial charge in [-0.05, 0) is 47.5 Å². The lowest BCUT2D eigenvalue weighted by Crippen LogP contribution is -2.40. The van der Waals surface area contributed by atoms with Crippen LogP contribution in [0.5, 0.6) is 11.5 Å². The normalized spacial score (nSPS) is 10.3. The number of hydrogen-bond acceptors (Lipinski definition) is 5. The van der Waals surface area contributed by atoms with E-state index in [1.807, 2.05) is 72.8 Å². The molecule has 8 heteroatoms. The summed E-state index contributed by atoms with van der Waals surface area (Å²) in [5.74, 6) is -0.778. The Labute approximate surface area is 220 Å². The van der Waals surface area contributed by atoms with Crippen molar-refractivity contribution in [2.75, 3.05) is 12.0 Å². The number of amides is 2. The van der Waals surface area contributed by atoms with E-state index in [2.05, 4.69) is 5.32 Å². The Morgan fingerprint density at radius 3 is 2.03 bits per heavy atom. The third-order valence-corrected chi connectivity index (χ3v) is 5.73. The first-order valence-electron chi connectivity index (χ1n) is 11.8. The summed E-state index contributed by atoms with van der Waals surface area (Å²) in [7, 11) is 1.17. The molecule has 0 heterocycles. The fourth-order valence-electron chi connectivity index (χ4n) is 3.88. The van der Waals surface area contributed by atoms with E-state index in [4.69, 9.17) is 9.47 Å². The number of nitrogens with zero attached hydrogens (tertiary/aromatic N) is 1. The van der Waals surface area contributed by atoms with Crippen LogP contribution >= 0.6 is 0 Å². The minimum atomic E-state index is -1.35. The number of esters is 1. The average molecular weight is 511 g/mol. The summed E-state index contributed by atoms with van der Waals surface area (Å²) in [5.41, 5.74) is 1.23. The number of ether oxygens (including phenoxy) is 2. The second kappa shape index (κ2) is 12.2. The van der Waals surface area contributed by atoms with Crippen LogP contribution in [0.15, 0.2) is 103 Å². The average Bonchev–Trinajstić information content (AvgIpc) is 2.95. The van der Waals surface area contributed by atoms with Crippen LogP contribution in [0.25, 0.3) is 0 Å². The summed E-state index contributed by atoms with van der Waals surface area (Å²) in [6.45, 7) is 0.274. The minimum Gasteiger partial charge on any atom is -0.478 e. The fourth-order valence-corrected chi connectivity index (χ4v) is 3.88. The third-order valence-electron chi connectivity index (χ3n) is 5.73. The number of para-hydroxylation sites is 1. The Bertz CT molecular complexity index is 1410. The maximum atomic E-state index is 13.4. The Balaban J connectivity index is 1.57. The number of carbonyl (C=O) groups is 3. The number of benzene rings is 4. The van der Waals surface area contributed by atoms with Gasteiger partial charge in [0.1, 0.15) is 11.5 Å². The summed E-state index contributed by atoms with van der Waals surface area (Å²) in [5, 5.41) is 12.8. The minimum absolute atomic E-state index is 0.0772. The van der Waals surface area contributed by atoms with Gasteiger partial charge in [-0.25, -0.2) is 14.4 Å². The SMILES string of the molecule is COC(=O)c1cccc(N(Cc2ccccc2)C(=O)NCc2ccc(Oc3ccccc3)cc2)c1C(=O)O. The molecule has 0 spiro atoms. The Morgan fingerprint density at radius 1 is 0.763 bits per heavy atom. The highest BCUT2D eigenvalue weighted by atomic mass is 16.5. The fraction of sp³-hybridized carbons (Fsp3) is 0.100. The van der Waals surface area contributed by atoms with Gasteiger partial charge in [-0.3, -0.25) is 4.90 Å². The van der Waals surface area contributed by atoms with E-state index in [-0.39, 0.29) is 29.9 Å². The summed E-state index contributed by atoms with van der Waals surface area (Å²) in [6, 6.07) is 29.7. The first kappa shape index (κ1) is 26.0. The summed E-state index contributed by atoms with van der Waals surface area (Å²) >= 11 is 0. The number of anilines is 1. The lowest BCUT2D eigenvalue weighted by atomic mass is 10.0. The molecule has 192 valence electrons. The quantitative estimate of drug-likeness (QED) is 0.273. The van der Waals surface area contributed by atoms with E-state index in [1.54, 1.807) is 12.1 Å². The number of methoxy groups -OCH3 is 1. The molecule has 0 aromatic heterocycles. The predicted octanol–water partition coefficient (Wildman–Crippen LogP) is 5.88. The van der Waals surface area contributed by atoms with Gasteiger partial charge in [0.15, 0.2) is 0 Å². The molecule has 0 aliphatic rings. The number of urea groups is 1. The largest absolute Gasteiger partial charge is 0.478 e. The van der Waals surface area contributed by atoms with Crippen molar-refractivity contribution in [2.24, 2.45) is 0 Å². The Kier molecular flexibility index (Phi) is 8.35. The van der Waals surface area contributed by atoms with Crippen molar-refractivity contribution < 1.29 is 29.0 Å². The van der Waals surface area contributed by atoms with Gasteiger partial charge < -0.3 is 19.9 Å². The van der Waals surface area contributed by atoms with Crippen molar-refractivity contribution in [3.8, 4) is 11.5 Å². The van der Waals surface area contributed by atoms with Crippen LogP contribution in [-0.2, 0) is 17.8 Å². The van der Waals surface area contributed by atoms with E-state index in [0.29, 0.717) is 11.5 Å². The van der Waals surface area contributed by atoms with Crippen LogP contribution in [0.4, 0.5) is 10.5 Å². The molecular formula is C30H26N2O6. The van der Waals surface area contributed by atoms with Crippen LogP contribution in [-0.4, -0.2) is 30.2 Å². The van der Waals surface area contributed by atoms with E-state index < -0.39 is 18.0 Å². The molecule has 0 saturated carbocycles. The maximum Gasteiger partial charge on any atom is 0.338 e. The molecule has 4 aromatic rings. The lowest BCUT2D eigenvalue weighted by molar-refractivity contribution is 0.0583. The van der Waals surface area contributed by atoms with Gasteiger partial charge >= 0.3 is 18.0 Å². The molecule has 0 unspecified atom stereocenters. The Morgan fingerprint density at radius 2 is 1.39 bits per heavy atom. The zero-order valence-electron chi connectivity index (χ0n) is 20.7. The van der Waals surface area contributed by atoms with Crippen LogP contribution in [0.2, 0.25) is 0 Å². The van der Waals surface area contributed by atoms with Gasteiger partial charge in [-0.1, -0.05) is 66.7 Å². The van der Waals surface area contributed by atoms with Gasteiger partial charge in [0, 0.05) is 6.54 Å². The zero-order valence-corrected chi connectivity index (χ0v) is 20.7. The van der Waals surface area contributed by atoms with E-state index in [1.165, 1.54) is 30.2 Å². The first-order valence-corrected chi connectivity index (χ1v) is 11.8.